The number of hydrogen-bond donors (Lipinski definition) is 4. The number of aldehydes is 1. The molecule has 2 aromatic rings. The summed E-state index contributed by atoms with van der Waals surface area (Å²) in [5, 5.41) is 23.2. The third-order valence-corrected chi connectivity index (χ3v) is 5.61. The lowest BCUT2D eigenvalue weighted by atomic mass is 9.96. The Balaban J connectivity index is 1.69. The summed E-state index contributed by atoms with van der Waals surface area (Å²) in [7, 11) is 0. The van der Waals surface area contributed by atoms with Gasteiger partial charge in [-0.15, -0.1) is 0 Å². The Morgan fingerprint density at radius 1 is 1.09 bits per heavy atom. The van der Waals surface area contributed by atoms with Gasteiger partial charge in [-0.1, -0.05) is 12.1 Å². The molecule has 0 spiro atoms. The van der Waals surface area contributed by atoms with E-state index < -0.39 is 23.8 Å². The van der Waals surface area contributed by atoms with Crippen LogP contribution in [0.3, 0.4) is 0 Å². The van der Waals surface area contributed by atoms with Crippen LogP contribution in [0.4, 0.5) is 11.4 Å². The van der Waals surface area contributed by atoms with Crippen molar-refractivity contribution in [1.29, 1.82) is 0 Å². The van der Waals surface area contributed by atoms with Crippen molar-refractivity contribution in [2.45, 2.75) is 25.3 Å². The highest BCUT2D eigenvalue weighted by Crippen LogP contribution is 2.24. The van der Waals surface area contributed by atoms with Crippen molar-refractivity contribution in [1.82, 2.24) is 5.32 Å². The molecule has 1 aliphatic rings. The van der Waals surface area contributed by atoms with Crippen LogP contribution in [-0.2, 0) is 25.6 Å². The van der Waals surface area contributed by atoms with Gasteiger partial charge in [0.15, 0.2) is 0 Å². The maximum atomic E-state index is 12.8. The molecule has 1 saturated heterocycles. The number of anilines is 2. The third-order valence-electron chi connectivity index (χ3n) is 5.61. The molecule has 0 aromatic heterocycles. The summed E-state index contributed by atoms with van der Waals surface area (Å²) >= 11 is 0. The van der Waals surface area contributed by atoms with E-state index in [1.54, 1.807) is 29.2 Å². The molecule has 10 heteroatoms. The summed E-state index contributed by atoms with van der Waals surface area (Å²) in [6.45, 7) is 0.489. The number of hydrogen-bond acceptors (Lipinski definition) is 6. The first-order valence-electron chi connectivity index (χ1n) is 10.7. The van der Waals surface area contributed by atoms with Crippen LogP contribution in [0.2, 0.25) is 0 Å². The van der Waals surface area contributed by atoms with Crippen molar-refractivity contribution >= 4 is 41.4 Å². The van der Waals surface area contributed by atoms with E-state index in [1.807, 2.05) is 0 Å². The average molecular weight is 467 g/mol. The Kier molecular flexibility index (Phi) is 8.10. The van der Waals surface area contributed by atoms with Crippen molar-refractivity contribution in [3.8, 4) is 0 Å². The zero-order valence-corrected chi connectivity index (χ0v) is 18.3. The molecule has 34 heavy (non-hydrogen) atoms. The molecule has 2 unspecified atom stereocenters. The number of piperidine rings is 1. The molecular weight excluding hydrogens is 442 g/mol. The molecule has 4 N–H and O–H groups in total. The van der Waals surface area contributed by atoms with Gasteiger partial charge in [-0.3, -0.25) is 19.2 Å². The van der Waals surface area contributed by atoms with Gasteiger partial charge < -0.3 is 25.7 Å². The van der Waals surface area contributed by atoms with Crippen molar-refractivity contribution in [2.75, 3.05) is 23.4 Å². The number of nitrogens with one attached hydrogen (secondary N) is 2. The quantitative estimate of drug-likeness (QED) is 0.317. The summed E-state index contributed by atoms with van der Waals surface area (Å²) in [5.74, 6) is -2.72. The summed E-state index contributed by atoms with van der Waals surface area (Å²) < 4.78 is 0. The Morgan fingerprint density at radius 3 is 2.32 bits per heavy atom. The lowest BCUT2D eigenvalue weighted by molar-refractivity contribution is -0.133. The predicted molar refractivity (Wildman–Crippen MR) is 122 cm³/mol. The standard InChI is InChI=1S/C24H25N3O7/c28-13-16-9-10-27(22(31)12-16)19-7-1-15(2-8-19)11-20(26-21(30)14-29)23(32)25-18-5-3-17(4-6-18)24(33)34/h1-8,14,16,20,28H,9-13H2,(H,25,32)(H,26,30)(H,33,34). The third kappa shape index (κ3) is 6.26. The number of carboxylic acid groups (broad SMARTS) is 1. The van der Waals surface area contributed by atoms with Gasteiger partial charge in [-0.05, 0) is 54.3 Å². The van der Waals surface area contributed by atoms with E-state index in [9.17, 15) is 29.1 Å². The molecule has 1 fully saturated rings. The van der Waals surface area contributed by atoms with E-state index in [2.05, 4.69) is 10.6 Å². The highest BCUT2D eigenvalue weighted by atomic mass is 16.4. The van der Waals surface area contributed by atoms with Crippen molar-refractivity contribution < 1.29 is 34.2 Å². The largest absolute Gasteiger partial charge is 0.478 e. The zero-order valence-electron chi connectivity index (χ0n) is 18.3. The van der Waals surface area contributed by atoms with Gasteiger partial charge in [0, 0.05) is 37.4 Å². The van der Waals surface area contributed by atoms with Gasteiger partial charge in [0.2, 0.25) is 18.1 Å². The second-order valence-corrected chi connectivity index (χ2v) is 8.01. The van der Waals surface area contributed by atoms with E-state index in [0.29, 0.717) is 29.9 Å². The first-order chi connectivity index (χ1) is 16.3. The molecule has 10 nitrogen and oxygen atoms in total. The number of carbonyl (C=O) groups excluding carboxylic acids is 4. The lowest BCUT2D eigenvalue weighted by Gasteiger charge is -2.31. The summed E-state index contributed by atoms with van der Waals surface area (Å²) in [5.41, 5.74) is 1.78. The topological polar surface area (TPSA) is 153 Å². The van der Waals surface area contributed by atoms with Crippen molar-refractivity contribution in [3.63, 3.8) is 0 Å². The molecule has 3 amide bonds. The Bertz CT molecular complexity index is 1070. The molecule has 178 valence electrons. The van der Waals surface area contributed by atoms with Gasteiger partial charge in [-0.2, -0.15) is 0 Å². The van der Waals surface area contributed by atoms with Crippen LogP contribution in [0, 0.1) is 5.92 Å². The summed E-state index contributed by atoms with van der Waals surface area (Å²) in [4.78, 5) is 60.2. The predicted octanol–water partition coefficient (Wildman–Crippen LogP) is 0.985. The number of rotatable bonds is 9. The molecule has 0 radical (unpaired) electrons. The minimum absolute atomic E-state index is 0.0157. The second kappa shape index (κ2) is 11.2. The molecule has 3 rings (SSSR count). The van der Waals surface area contributed by atoms with Crippen molar-refractivity contribution in [2.24, 2.45) is 5.92 Å². The van der Waals surface area contributed by atoms with Crippen LogP contribution >= 0.6 is 0 Å². The summed E-state index contributed by atoms with van der Waals surface area (Å²) in [6.07, 6.45) is 1.15. The number of aromatic carboxylic acids is 1. The van der Waals surface area contributed by atoms with Crippen LogP contribution in [0.1, 0.15) is 28.8 Å². The number of carbonyl (C=O) groups is 5. The fraction of sp³-hybridized carbons (Fsp3) is 0.292. The van der Waals surface area contributed by atoms with E-state index >= 15 is 0 Å². The maximum Gasteiger partial charge on any atom is 0.335 e. The van der Waals surface area contributed by atoms with Gasteiger partial charge >= 0.3 is 5.97 Å². The molecule has 0 saturated carbocycles. The molecule has 0 aliphatic carbocycles. The van der Waals surface area contributed by atoms with Crippen LogP contribution in [0.5, 0.6) is 0 Å². The van der Waals surface area contributed by atoms with E-state index in [0.717, 1.165) is 0 Å². The van der Waals surface area contributed by atoms with Crippen LogP contribution in [0.15, 0.2) is 48.5 Å². The number of benzene rings is 2. The molecular formula is C24H25N3O7. The molecule has 2 atom stereocenters. The molecule has 1 heterocycles. The number of aliphatic hydroxyl groups is 1. The zero-order chi connectivity index (χ0) is 24.7. The lowest BCUT2D eigenvalue weighted by Crippen LogP contribution is -2.45. The Morgan fingerprint density at radius 2 is 1.76 bits per heavy atom. The fourth-order valence-electron chi connectivity index (χ4n) is 3.71. The van der Waals surface area contributed by atoms with Gasteiger partial charge in [0.1, 0.15) is 6.04 Å². The Labute approximate surface area is 195 Å². The van der Waals surface area contributed by atoms with Crippen molar-refractivity contribution in [3.05, 3.63) is 59.7 Å². The number of carboxylic acids is 1. The number of amides is 3. The molecule has 0 bridgehead atoms. The SMILES string of the molecule is O=CC(=O)NC(Cc1ccc(N2CCC(CO)CC2=O)cc1)C(=O)Nc1ccc(C(=O)O)cc1. The number of aliphatic hydroxyl groups excluding tert-OH is 1. The van der Waals surface area contributed by atoms with E-state index in [-0.39, 0.29) is 43.1 Å². The molecule has 1 aliphatic heterocycles. The van der Waals surface area contributed by atoms with Gasteiger partial charge in [-0.25, -0.2) is 4.79 Å². The first-order valence-corrected chi connectivity index (χ1v) is 10.7. The number of nitrogens with zero attached hydrogens (tertiary/aromatic N) is 1. The van der Waals surface area contributed by atoms with Gasteiger partial charge in [0.25, 0.3) is 5.91 Å². The fourth-order valence-corrected chi connectivity index (χ4v) is 3.71. The minimum Gasteiger partial charge on any atom is -0.478 e. The monoisotopic (exact) mass is 467 g/mol. The maximum absolute atomic E-state index is 12.8. The van der Waals surface area contributed by atoms with Crippen LogP contribution in [-0.4, -0.2) is 59.4 Å². The molecule has 2 aromatic carbocycles. The first kappa shape index (κ1) is 24.6. The van der Waals surface area contributed by atoms with Gasteiger partial charge in [0.05, 0.1) is 5.56 Å². The normalized spacial score (nSPS) is 16.4. The second-order valence-electron chi connectivity index (χ2n) is 8.01. The van der Waals surface area contributed by atoms with E-state index in [4.69, 9.17) is 5.11 Å². The average Bonchev–Trinajstić information content (AvgIpc) is 2.84. The van der Waals surface area contributed by atoms with E-state index in [1.165, 1.54) is 24.3 Å². The summed E-state index contributed by atoms with van der Waals surface area (Å²) in [6, 6.07) is 11.4. The Hall–Kier alpha value is -4.05. The van der Waals surface area contributed by atoms with Crippen LogP contribution in [0.25, 0.3) is 0 Å². The smallest absolute Gasteiger partial charge is 0.335 e. The van der Waals surface area contributed by atoms with Crippen LogP contribution < -0.4 is 15.5 Å². The highest BCUT2D eigenvalue weighted by molar-refractivity contribution is 6.24. The highest BCUT2D eigenvalue weighted by Gasteiger charge is 2.26. The minimum atomic E-state index is -1.10.